The standard InChI is InChI=1S/C20H17ClN4O7S/c1-11(18(27)22-15-9-14(25(28)29)7-8-16(15)30-2)31-17(26)10-33-20-24-23-19(32-20)12-3-5-13(21)6-4-12/h3-9,11H,10H2,1-2H3,(H,22,27)/t11-/m1/s1. The van der Waals surface area contributed by atoms with Crippen LogP contribution in [0, 0.1) is 10.1 Å². The van der Waals surface area contributed by atoms with E-state index < -0.39 is 22.9 Å². The fraction of sp³-hybridized carbons (Fsp3) is 0.200. The zero-order valence-corrected chi connectivity index (χ0v) is 18.9. The second kappa shape index (κ2) is 10.8. The van der Waals surface area contributed by atoms with E-state index in [-0.39, 0.29) is 34.0 Å². The molecule has 0 saturated carbocycles. The first-order chi connectivity index (χ1) is 15.8. The Balaban J connectivity index is 1.53. The van der Waals surface area contributed by atoms with Gasteiger partial charge in [-0.15, -0.1) is 10.2 Å². The fourth-order valence-corrected chi connectivity index (χ4v) is 3.20. The lowest BCUT2D eigenvalue weighted by molar-refractivity contribution is -0.384. The molecule has 1 amide bonds. The monoisotopic (exact) mass is 492 g/mol. The van der Waals surface area contributed by atoms with E-state index in [4.69, 9.17) is 25.5 Å². The summed E-state index contributed by atoms with van der Waals surface area (Å²) < 4.78 is 15.7. The van der Waals surface area contributed by atoms with Gasteiger partial charge in [0.25, 0.3) is 16.8 Å². The number of anilines is 1. The van der Waals surface area contributed by atoms with E-state index in [0.29, 0.717) is 10.6 Å². The molecule has 172 valence electrons. The van der Waals surface area contributed by atoms with Gasteiger partial charge in [0.05, 0.1) is 17.7 Å². The van der Waals surface area contributed by atoms with Gasteiger partial charge in [-0.05, 0) is 37.3 Å². The van der Waals surface area contributed by atoms with Crippen LogP contribution in [-0.4, -0.2) is 46.0 Å². The lowest BCUT2D eigenvalue weighted by Crippen LogP contribution is -2.30. The van der Waals surface area contributed by atoms with Crippen LogP contribution < -0.4 is 10.1 Å². The van der Waals surface area contributed by atoms with Crippen LogP contribution in [-0.2, 0) is 14.3 Å². The molecule has 13 heteroatoms. The van der Waals surface area contributed by atoms with Crippen LogP contribution in [0.3, 0.4) is 0 Å². The van der Waals surface area contributed by atoms with Crippen LogP contribution >= 0.6 is 23.4 Å². The average Bonchev–Trinajstić information content (AvgIpc) is 3.27. The minimum atomic E-state index is -1.17. The Hall–Kier alpha value is -3.64. The topological polar surface area (TPSA) is 147 Å². The summed E-state index contributed by atoms with van der Waals surface area (Å²) in [5.74, 6) is -1.08. The van der Waals surface area contributed by atoms with Crippen molar-refractivity contribution in [2.24, 2.45) is 0 Å². The predicted molar refractivity (Wildman–Crippen MR) is 119 cm³/mol. The number of hydrogen-bond acceptors (Lipinski definition) is 10. The summed E-state index contributed by atoms with van der Waals surface area (Å²) in [6.45, 7) is 1.37. The largest absolute Gasteiger partial charge is 0.495 e. The number of hydrogen-bond donors (Lipinski definition) is 1. The Morgan fingerprint density at radius 3 is 2.64 bits per heavy atom. The van der Waals surface area contributed by atoms with Crippen LogP contribution in [0.15, 0.2) is 52.1 Å². The molecule has 1 atom stereocenters. The van der Waals surface area contributed by atoms with Crippen molar-refractivity contribution in [3.63, 3.8) is 0 Å². The Labute approximate surface area is 196 Å². The molecule has 0 radical (unpaired) electrons. The molecule has 0 bridgehead atoms. The maximum absolute atomic E-state index is 12.4. The summed E-state index contributed by atoms with van der Waals surface area (Å²) in [5, 5.41) is 21.9. The smallest absolute Gasteiger partial charge is 0.317 e. The molecule has 3 rings (SSSR count). The highest BCUT2D eigenvalue weighted by atomic mass is 35.5. The molecule has 3 aromatic rings. The number of rotatable bonds is 9. The molecule has 1 heterocycles. The maximum atomic E-state index is 12.4. The van der Waals surface area contributed by atoms with E-state index in [1.54, 1.807) is 24.3 Å². The molecule has 33 heavy (non-hydrogen) atoms. The third kappa shape index (κ3) is 6.43. The number of methoxy groups -OCH3 is 1. The fourth-order valence-electron chi connectivity index (χ4n) is 2.52. The second-order valence-electron chi connectivity index (χ2n) is 6.43. The molecule has 0 unspecified atom stereocenters. The van der Waals surface area contributed by atoms with E-state index in [0.717, 1.165) is 17.8 Å². The van der Waals surface area contributed by atoms with Crippen LogP contribution in [0.5, 0.6) is 5.75 Å². The molecule has 1 N–H and O–H groups in total. The van der Waals surface area contributed by atoms with Crippen molar-refractivity contribution in [1.29, 1.82) is 0 Å². The van der Waals surface area contributed by atoms with Gasteiger partial charge in [-0.25, -0.2) is 0 Å². The van der Waals surface area contributed by atoms with Gasteiger partial charge < -0.3 is 19.2 Å². The summed E-state index contributed by atoms with van der Waals surface area (Å²) in [7, 11) is 1.35. The molecular formula is C20H17ClN4O7S. The molecule has 11 nitrogen and oxygen atoms in total. The summed E-state index contributed by atoms with van der Waals surface area (Å²) in [6.07, 6.45) is -1.17. The van der Waals surface area contributed by atoms with Crippen molar-refractivity contribution >= 4 is 46.6 Å². The van der Waals surface area contributed by atoms with Crippen molar-refractivity contribution in [2.45, 2.75) is 18.3 Å². The quantitative estimate of drug-likeness (QED) is 0.201. The van der Waals surface area contributed by atoms with Crippen LogP contribution in [0.4, 0.5) is 11.4 Å². The van der Waals surface area contributed by atoms with E-state index in [1.807, 2.05) is 0 Å². The summed E-state index contributed by atoms with van der Waals surface area (Å²) in [5.41, 5.74) is 0.516. The summed E-state index contributed by atoms with van der Waals surface area (Å²) in [4.78, 5) is 34.9. The highest BCUT2D eigenvalue weighted by Crippen LogP contribution is 2.29. The number of nitrogens with zero attached hydrogens (tertiary/aromatic N) is 3. The first-order valence-electron chi connectivity index (χ1n) is 9.32. The van der Waals surface area contributed by atoms with Gasteiger partial charge in [-0.2, -0.15) is 0 Å². The van der Waals surface area contributed by atoms with Gasteiger partial charge in [0.2, 0.25) is 5.89 Å². The minimum absolute atomic E-state index is 0.0783. The lowest BCUT2D eigenvalue weighted by Gasteiger charge is -2.14. The van der Waals surface area contributed by atoms with Crippen molar-refractivity contribution in [2.75, 3.05) is 18.2 Å². The third-order valence-corrected chi connectivity index (χ3v) is 5.18. The Morgan fingerprint density at radius 1 is 1.24 bits per heavy atom. The molecule has 1 aromatic heterocycles. The number of nitro benzene ring substituents is 1. The molecule has 0 aliphatic rings. The van der Waals surface area contributed by atoms with Gasteiger partial charge in [-0.3, -0.25) is 19.7 Å². The number of carbonyl (C=O) groups is 2. The van der Waals surface area contributed by atoms with Crippen molar-refractivity contribution < 1.29 is 28.4 Å². The minimum Gasteiger partial charge on any atom is -0.495 e. The average molecular weight is 493 g/mol. The number of thioether (sulfide) groups is 1. The van der Waals surface area contributed by atoms with Gasteiger partial charge in [-0.1, -0.05) is 23.4 Å². The number of esters is 1. The normalized spacial score (nSPS) is 11.5. The van der Waals surface area contributed by atoms with Crippen LogP contribution in [0.25, 0.3) is 11.5 Å². The maximum Gasteiger partial charge on any atom is 0.317 e. The van der Waals surface area contributed by atoms with E-state index >= 15 is 0 Å². The van der Waals surface area contributed by atoms with Crippen molar-refractivity contribution in [3.05, 3.63) is 57.6 Å². The number of benzene rings is 2. The van der Waals surface area contributed by atoms with E-state index in [9.17, 15) is 19.7 Å². The van der Waals surface area contributed by atoms with Gasteiger partial charge in [0.15, 0.2) is 6.10 Å². The lowest BCUT2D eigenvalue weighted by atomic mass is 10.2. The summed E-state index contributed by atoms with van der Waals surface area (Å²) >= 11 is 6.80. The van der Waals surface area contributed by atoms with Crippen LogP contribution in [0.2, 0.25) is 5.02 Å². The number of amides is 1. The molecule has 2 aromatic carbocycles. The van der Waals surface area contributed by atoms with Crippen molar-refractivity contribution in [1.82, 2.24) is 10.2 Å². The van der Waals surface area contributed by atoms with Gasteiger partial charge >= 0.3 is 5.97 Å². The number of nitrogens with one attached hydrogen (secondary N) is 1. The highest BCUT2D eigenvalue weighted by molar-refractivity contribution is 7.99. The predicted octanol–water partition coefficient (Wildman–Crippen LogP) is 3.97. The summed E-state index contributed by atoms with van der Waals surface area (Å²) in [6, 6.07) is 10.5. The molecule has 0 fully saturated rings. The molecule has 0 saturated heterocycles. The molecular weight excluding hydrogens is 476 g/mol. The number of nitro groups is 1. The Morgan fingerprint density at radius 2 is 1.97 bits per heavy atom. The zero-order valence-electron chi connectivity index (χ0n) is 17.3. The first kappa shape index (κ1) is 24.0. The molecule has 0 aliphatic carbocycles. The zero-order chi connectivity index (χ0) is 24.0. The Bertz CT molecular complexity index is 1170. The second-order valence-corrected chi connectivity index (χ2v) is 7.79. The Kier molecular flexibility index (Phi) is 7.85. The van der Waals surface area contributed by atoms with Crippen molar-refractivity contribution in [3.8, 4) is 17.2 Å². The molecule has 0 spiro atoms. The highest BCUT2D eigenvalue weighted by Gasteiger charge is 2.21. The number of ether oxygens (including phenoxy) is 2. The number of non-ortho nitro benzene ring substituents is 1. The third-order valence-electron chi connectivity index (χ3n) is 4.14. The van der Waals surface area contributed by atoms with Gasteiger partial charge in [0.1, 0.15) is 11.5 Å². The first-order valence-corrected chi connectivity index (χ1v) is 10.7. The van der Waals surface area contributed by atoms with E-state index in [2.05, 4.69) is 15.5 Å². The van der Waals surface area contributed by atoms with Crippen LogP contribution in [0.1, 0.15) is 6.92 Å². The van der Waals surface area contributed by atoms with Gasteiger partial charge in [0, 0.05) is 22.7 Å². The SMILES string of the molecule is COc1ccc([N+](=O)[O-])cc1NC(=O)[C@@H](C)OC(=O)CSc1nnc(-c2ccc(Cl)cc2)o1. The van der Waals surface area contributed by atoms with E-state index in [1.165, 1.54) is 26.2 Å². The number of carbonyl (C=O) groups excluding carboxylic acids is 2. The number of halogens is 1. The molecule has 0 aliphatic heterocycles. The number of aromatic nitrogens is 2.